The van der Waals surface area contributed by atoms with E-state index in [2.05, 4.69) is 15.8 Å². The van der Waals surface area contributed by atoms with Crippen LogP contribution in [0, 0.1) is 0 Å². The number of amides is 2. The van der Waals surface area contributed by atoms with Crippen LogP contribution in [-0.2, 0) is 25.3 Å². The zero-order chi connectivity index (χ0) is 27.9. The van der Waals surface area contributed by atoms with Gasteiger partial charge < -0.3 is 14.6 Å². The van der Waals surface area contributed by atoms with Gasteiger partial charge in [-0.2, -0.15) is 13.5 Å². The minimum Gasteiger partial charge on any atom is -0.379 e. The molecule has 3 N–H and O–H groups in total. The SMILES string of the molecule is CC(=O)Nc1ccc(S(=O)(=O)Oc2ccc(/C=N/NC(=O)C(O)(c3ccccc3)c3ccccc3)cc2)cc1. The van der Waals surface area contributed by atoms with Gasteiger partial charge in [-0.3, -0.25) is 9.59 Å². The molecule has 0 saturated carbocycles. The van der Waals surface area contributed by atoms with Gasteiger partial charge >= 0.3 is 10.1 Å². The van der Waals surface area contributed by atoms with Crippen molar-refractivity contribution in [1.82, 2.24) is 5.43 Å². The lowest BCUT2D eigenvalue weighted by molar-refractivity contribution is -0.136. The molecule has 4 rings (SSSR count). The molecule has 0 fully saturated rings. The highest BCUT2D eigenvalue weighted by Crippen LogP contribution is 2.30. The van der Waals surface area contributed by atoms with E-state index in [-0.39, 0.29) is 16.6 Å². The summed E-state index contributed by atoms with van der Waals surface area (Å²) in [4.78, 5) is 24.1. The third-order valence-corrected chi connectivity index (χ3v) is 6.90. The van der Waals surface area contributed by atoms with Crippen LogP contribution in [0.5, 0.6) is 5.75 Å². The number of nitrogens with one attached hydrogen (secondary N) is 2. The van der Waals surface area contributed by atoms with E-state index in [4.69, 9.17) is 4.18 Å². The van der Waals surface area contributed by atoms with E-state index in [1.807, 2.05) is 0 Å². The summed E-state index contributed by atoms with van der Waals surface area (Å²) in [6, 6.07) is 28.7. The molecule has 198 valence electrons. The Morgan fingerprint density at radius 3 is 1.87 bits per heavy atom. The minimum absolute atomic E-state index is 0.0738. The maximum atomic E-state index is 13.1. The van der Waals surface area contributed by atoms with Crippen LogP contribution in [0.2, 0.25) is 0 Å². The van der Waals surface area contributed by atoms with Gasteiger partial charge in [0.05, 0.1) is 6.21 Å². The van der Waals surface area contributed by atoms with E-state index in [0.29, 0.717) is 22.4 Å². The van der Waals surface area contributed by atoms with Gasteiger partial charge in [0.2, 0.25) is 5.91 Å². The van der Waals surface area contributed by atoms with Gasteiger partial charge in [-0.1, -0.05) is 60.7 Å². The van der Waals surface area contributed by atoms with Crippen LogP contribution >= 0.6 is 0 Å². The molecule has 9 nitrogen and oxygen atoms in total. The van der Waals surface area contributed by atoms with Crippen molar-refractivity contribution in [1.29, 1.82) is 0 Å². The van der Waals surface area contributed by atoms with E-state index >= 15 is 0 Å². The summed E-state index contributed by atoms with van der Waals surface area (Å²) in [5, 5.41) is 18.0. The first-order valence-corrected chi connectivity index (χ1v) is 13.2. The molecule has 0 spiro atoms. The van der Waals surface area contributed by atoms with Crippen LogP contribution in [0.25, 0.3) is 0 Å². The maximum Gasteiger partial charge on any atom is 0.339 e. The molecule has 39 heavy (non-hydrogen) atoms. The molecule has 0 aliphatic heterocycles. The Labute approximate surface area is 225 Å². The third kappa shape index (κ3) is 6.56. The van der Waals surface area contributed by atoms with Crippen molar-refractivity contribution in [3.8, 4) is 5.75 Å². The molecular weight excluding hydrogens is 518 g/mol. The van der Waals surface area contributed by atoms with Crippen LogP contribution in [0.3, 0.4) is 0 Å². The van der Waals surface area contributed by atoms with E-state index in [9.17, 15) is 23.1 Å². The minimum atomic E-state index is -4.10. The Hall–Kier alpha value is -4.80. The number of carbonyl (C=O) groups is 2. The Morgan fingerprint density at radius 1 is 0.821 bits per heavy atom. The summed E-state index contributed by atoms with van der Waals surface area (Å²) >= 11 is 0. The molecule has 4 aromatic rings. The average Bonchev–Trinajstić information content (AvgIpc) is 2.94. The molecule has 4 aromatic carbocycles. The Morgan fingerprint density at radius 2 is 1.36 bits per heavy atom. The fourth-order valence-corrected chi connectivity index (χ4v) is 4.66. The van der Waals surface area contributed by atoms with Crippen LogP contribution < -0.4 is 14.9 Å². The van der Waals surface area contributed by atoms with Crippen molar-refractivity contribution in [2.75, 3.05) is 5.32 Å². The zero-order valence-corrected chi connectivity index (χ0v) is 21.6. The molecule has 0 radical (unpaired) electrons. The Balaban J connectivity index is 1.43. The monoisotopic (exact) mass is 543 g/mol. The molecular formula is C29H25N3O6S. The number of carbonyl (C=O) groups excluding carboxylic acids is 2. The molecule has 0 aliphatic carbocycles. The van der Waals surface area contributed by atoms with Crippen LogP contribution in [-0.4, -0.2) is 31.6 Å². The first kappa shape index (κ1) is 27.2. The molecule has 0 aliphatic rings. The van der Waals surface area contributed by atoms with Crippen molar-refractivity contribution in [3.05, 3.63) is 126 Å². The van der Waals surface area contributed by atoms with Gasteiger partial charge in [0, 0.05) is 12.6 Å². The second-order valence-corrected chi connectivity index (χ2v) is 10.00. The zero-order valence-electron chi connectivity index (χ0n) is 20.8. The number of hydrazone groups is 1. The van der Waals surface area contributed by atoms with Crippen LogP contribution in [0.15, 0.2) is 119 Å². The normalized spacial score (nSPS) is 11.6. The number of aliphatic hydroxyl groups is 1. The topological polar surface area (TPSA) is 134 Å². The summed E-state index contributed by atoms with van der Waals surface area (Å²) < 4.78 is 30.4. The van der Waals surface area contributed by atoms with Gasteiger partial charge in [0.1, 0.15) is 10.6 Å². The predicted molar refractivity (Wildman–Crippen MR) is 147 cm³/mol. The molecule has 0 bridgehead atoms. The molecule has 0 atom stereocenters. The molecule has 0 heterocycles. The molecule has 2 amide bonds. The van der Waals surface area contributed by atoms with Crippen LogP contribution in [0.1, 0.15) is 23.6 Å². The highest BCUT2D eigenvalue weighted by Gasteiger charge is 2.39. The summed E-state index contributed by atoms with van der Waals surface area (Å²) in [5.74, 6) is -0.940. The maximum absolute atomic E-state index is 13.1. The second kappa shape index (κ2) is 11.7. The smallest absolute Gasteiger partial charge is 0.339 e. The fourth-order valence-electron chi connectivity index (χ4n) is 3.73. The largest absolute Gasteiger partial charge is 0.379 e. The summed E-state index contributed by atoms with van der Waals surface area (Å²) in [7, 11) is -4.10. The van der Waals surface area contributed by atoms with Crippen molar-refractivity contribution < 1.29 is 27.3 Å². The lowest BCUT2D eigenvalue weighted by atomic mass is 9.85. The van der Waals surface area contributed by atoms with Gasteiger partial charge in [0.15, 0.2) is 5.60 Å². The lowest BCUT2D eigenvalue weighted by Crippen LogP contribution is -2.43. The number of rotatable bonds is 9. The van der Waals surface area contributed by atoms with Crippen molar-refractivity contribution in [3.63, 3.8) is 0 Å². The summed E-state index contributed by atoms with van der Waals surface area (Å²) in [6.07, 6.45) is 1.35. The van der Waals surface area contributed by atoms with Gasteiger partial charge in [-0.25, -0.2) is 5.43 Å². The van der Waals surface area contributed by atoms with Crippen molar-refractivity contribution >= 4 is 33.8 Å². The first-order chi connectivity index (χ1) is 18.7. The number of anilines is 1. The third-order valence-electron chi connectivity index (χ3n) is 5.64. The number of hydrogen-bond acceptors (Lipinski definition) is 7. The number of benzene rings is 4. The second-order valence-electron chi connectivity index (χ2n) is 8.45. The van der Waals surface area contributed by atoms with Crippen molar-refractivity contribution in [2.24, 2.45) is 5.10 Å². The molecule has 0 unspecified atom stereocenters. The highest BCUT2D eigenvalue weighted by molar-refractivity contribution is 7.87. The summed E-state index contributed by atoms with van der Waals surface area (Å²) in [5.41, 5.74) is 2.20. The standard InChI is InChI=1S/C29H25N3O6S/c1-21(33)31-25-14-18-27(19-15-25)39(36,37)38-26-16-12-22(13-17-26)20-30-32-28(34)29(35,23-8-4-2-5-9-23)24-10-6-3-7-11-24/h2-20,35H,1H3,(H,31,33)(H,32,34)/b30-20+. The van der Waals surface area contributed by atoms with Gasteiger partial charge in [-0.05, 0) is 65.2 Å². The quantitative estimate of drug-likeness (QED) is 0.167. The van der Waals surface area contributed by atoms with Gasteiger partial charge in [-0.15, -0.1) is 0 Å². The number of nitrogens with zero attached hydrogens (tertiary/aromatic N) is 1. The summed E-state index contributed by atoms with van der Waals surface area (Å²) in [6.45, 7) is 1.35. The average molecular weight is 544 g/mol. The van der Waals surface area contributed by atoms with Crippen molar-refractivity contribution in [2.45, 2.75) is 17.4 Å². The van der Waals surface area contributed by atoms with E-state index < -0.39 is 21.6 Å². The van der Waals surface area contributed by atoms with E-state index in [1.165, 1.54) is 49.5 Å². The Kier molecular flexibility index (Phi) is 8.18. The Bertz CT molecular complexity index is 1530. The fraction of sp³-hybridized carbons (Fsp3) is 0.0690. The predicted octanol–water partition coefficient (Wildman–Crippen LogP) is 3.80. The number of hydrogen-bond donors (Lipinski definition) is 3. The first-order valence-electron chi connectivity index (χ1n) is 11.8. The van der Waals surface area contributed by atoms with E-state index in [1.54, 1.807) is 72.8 Å². The highest BCUT2D eigenvalue weighted by atomic mass is 32.2. The molecule has 0 saturated heterocycles. The lowest BCUT2D eigenvalue weighted by Gasteiger charge is -2.27. The molecule has 10 heteroatoms. The van der Waals surface area contributed by atoms with E-state index in [0.717, 1.165) is 0 Å². The van der Waals surface area contributed by atoms with Crippen LogP contribution in [0.4, 0.5) is 5.69 Å². The molecule has 0 aromatic heterocycles. The van der Waals surface area contributed by atoms with Gasteiger partial charge in [0.25, 0.3) is 5.91 Å².